The molecule has 5 heteroatoms. The predicted molar refractivity (Wildman–Crippen MR) is 328 cm³/mol. The van der Waals surface area contributed by atoms with Crippen molar-refractivity contribution in [1.29, 1.82) is 0 Å². The molecule has 0 bridgehead atoms. The first-order chi connectivity index (χ1) is 36.7. The van der Waals surface area contributed by atoms with Crippen molar-refractivity contribution in [2.24, 2.45) is 0 Å². The van der Waals surface area contributed by atoms with Crippen molar-refractivity contribution in [3.8, 4) is 44.5 Å². The fourth-order valence-electron chi connectivity index (χ4n) is 16.7. The Morgan fingerprint density at radius 2 is 0.632 bits per heavy atom. The van der Waals surface area contributed by atoms with E-state index >= 15 is 0 Å². The molecule has 6 aliphatic carbocycles. The van der Waals surface area contributed by atoms with E-state index < -0.39 is 7.12 Å². The van der Waals surface area contributed by atoms with Crippen molar-refractivity contribution >= 4 is 76.8 Å². The van der Waals surface area contributed by atoms with Crippen LogP contribution in [0.3, 0.4) is 0 Å². The Kier molecular flexibility index (Phi) is 12.5. The normalized spacial score (nSPS) is 22.7. The second-order valence-corrected chi connectivity index (χ2v) is 24.5. The third kappa shape index (κ3) is 7.39. The van der Waals surface area contributed by atoms with Crippen LogP contribution >= 0.6 is 31.9 Å². The summed E-state index contributed by atoms with van der Waals surface area (Å²) < 4.78 is 2.46. The largest absolute Gasteiger partial charge is 0.489 e. The smallest absolute Gasteiger partial charge is 0.423 e. The number of fused-ring (bicyclic) bond motifs is 9. The summed E-state index contributed by atoms with van der Waals surface area (Å²) in [6, 6.07) is 73.1. The minimum absolute atomic E-state index is 0. The quantitative estimate of drug-likeness (QED) is 0.173. The molecule has 76 heavy (non-hydrogen) atoms. The Balaban J connectivity index is 0.000000128. The molecule has 0 amide bonds. The first-order valence-electron chi connectivity index (χ1n) is 27.4. The van der Waals surface area contributed by atoms with Crippen LogP contribution in [0.15, 0.2) is 209 Å². The van der Waals surface area contributed by atoms with Crippen molar-refractivity contribution < 1.29 is 10.0 Å². The molecule has 4 saturated carbocycles. The fourth-order valence-corrected chi connectivity index (χ4v) is 17.4. The summed E-state index contributed by atoms with van der Waals surface area (Å²) in [6.45, 7) is 0. The highest BCUT2D eigenvalue weighted by Gasteiger charge is 2.63. The SMILES string of the molecule is Brc1ccc2c(c1)C13CCCC1(CCC3)c1cc(Br)ccc1-2.C.OB(O)c1cccc2ccccc12.c1ccc2c(-c3ccc4c(c3)C35CCCC3(CCC5)c3cc(-c5cccc6ccccc56)ccc3-4)cccc2c1. The first-order valence-corrected chi connectivity index (χ1v) is 29.0. The molecule has 0 unspecified atom stereocenters. The predicted octanol–water partition coefficient (Wildman–Crippen LogP) is 18.7. The topological polar surface area (TPSA) is 40.5 Å². The van der Waals surface area contributed by atoms with Crippen molar-refractivity contribution in [1.82, 2.24) is 0 Å². The fraction of sp³-hybridized carbons (Fsp3) is 0.239. The molecule has 0 spiro atoms. The van der Waals surface area contributed by atoms with Gasteiger partial charge in [0, 0.05) is 30.6 Å². The minimum Gasteiger partial charge on any atom is -0.423 e. The Bertz CT molecular complexity index is 3670. The van der Waals surface area contributed by atoms with Crippen molar-refractivity contribution in [2.75, 3.05) is 0 Å². The van der Waals surface area contributed by atoms with Gasteiger partial charge in [0.05, 0.1) is 0 Å². The molecular weight excluding hydrogens is 1060 g/mol. The molecule has 10 aromatic rings. The zero-order valence-corrected chi connectivity index (χ0v) is 45.4. The van der Waals surface area contributed by atoms with Crippen LogP contribution in [0.2, 0.25) is 0 Å². The first kappa shape index (κ1) is 49.5. The highest BCUT2D eigenvalue weighted by atomic mass is 79.9. The average Bonchev–Trinajstić information content (AvgIpc) is 4.27. The van der Waals surface area contributed by atoms with E-state index in [0.29, 0.717) is 16.3 Å². The van der Waals surface area contributed by atoms with Gasteiger partial charge in [0.1, 0.15) is 0 Å². The monoisotopic (exact) mass is 1120 g/mol. The van der Waals surface area contributed by atoms with Crippen molar-refractivity contribution in [3.05, 3.63) is 231 Å². The zero-order chi connectivity index (χ0) is 50.5. The van der Waals surface area contributed by atoms with Gasteiger partial charge < -0.3 is 10.0 Å². The average molecular weight is 1120 g/mol. The molecule has 376 valence electrons. The van der Waals surface area contributed by atoms with Crippen LogP contribution in [0.1, 0.15) is 107 Å². The van der Waals surface area contributed by atoms with Crippen molar-refractivity contribution in [3.63, 3.8) is 0 Å². The summed E-state index contributed by atoms with van der Waals surface area (Å²) in [6.07, 6.45) is 16.1. The van der Waals surface area contributed by atoms with E-state index in [1.807, 2.05) is 36.4 Å². The number of hydrogen-bond donors (Lipinski definition) is 2. The molecule has 0 aromatic heterocycles. The van der Waals surface area contributed by atoms with E-state index in [0.717, 1.165) is 10.8 Å². The van der Waals surface area contributed by atoms with Gasteiger partial charge >= 0.3 is 7.12 Å². The van der Waals surface area contributed by atoms with Gasteiger partial charge in [-0.2, -0.15) is 0 Å². The minimum atomic E-state index is -1.40. The standard InChI is InChI=1S/C40H32.C20H18Br2.C10H9BO2.CH4/c1-3-13-31-27(9-1)11-5-15-33(31)29-17-19-35-36-20-18-30(34-16-6-12-28-10-2-4-14-32(28)34)26-38(36)40-23-7-21-39(40,22-8-24-40)37(35)25-29;21-13-3-5-15-16-6-4-14(22)12-18(16)20-8-1-7-19(20,9-2-10-20)17(15)11-13;12-11(13)10-7-3-5-8-4-1-2-6-9(8)10;/h1-6,9-20,25-26H,7-8,21-24H2;3-6,11-12H,1-2,7-10H2;1-7,12-13H;1H4. The van der Waals surface area contributed by atoms with Gasteiger partial charge in [-0.3, -0.25) is 0 Å². The van der Waals surface area contributed by atoms with Gasteiger partial charge in [-0.05, 0) is 192 Å². The van der Waals surface area contributed by atoms with Gasteiger partial charge in [0.15, 0.2) is 0 Å². The summed E-state index contributed by atoms with van der Waals surface area (Å²) in [4.78, 5) is 0. The maximum atomic E-state index is 9.08. The Hall–Kier alpha value is -6.08. The highest BCUT2D eigenvalue weighted by molar-refractivity contribution is 9.10. The molecule has 6 aliphatic rings. The van der Waals surface area contributed by atoms with E-state index in [9.17, 15) is 0 Å². The van der Waals surface area contributed by atoms with Gasteiger partial charge in [-0.15, -0.1) is 0 Å². The van der Waals surface area contributed by atoms with Crippen molar-refractivity contribution in [2.45, 2.75) is 106 Å². The summed E-state index contributed by atoms with van der Waals surface area (Å²) in [5, 5.41) is 25.4. The number of halogens is 2. The molecule has 0 aliphatic heterocycles. The Labute approximate surface area is 465 Å². The highest BCUT2D eigenvalue weighted by Crippen LogP contribution is 2.71. The van der Waals surface area contributed by atoms with Crippen LogP contribution in [-0.4, -0.2) is 17.2 Å². The second-order valence-electron chi connectivity index (χ2n) is 22.6. The van der Waals surface area contributed by atoms with Crippen LogP contribution in [-0.2, 0) is 21.7 Å². The molecule has 4 fully saturated rings. The molecule has 2 N–H and O–H groups in total. The molecule has 0 heterocycles. The summed E-state index contributed by atoms with van der Waals surface area (Å²) in [5.74, 6) is 0. The lowest BCUT2D eigenvalue weighted by molar-refractivity contribution is 0.299. The van der Waals surface area contributed by atoms with Crippen LogP contribution in [0.25, 0.3) is 76.8 Å². The van der Waals surface area contributed by atoms with Crippen LogP contribution < -0.4 is 5.46 Å². The molecule has 0 atom stereocenters. The zero-order valence-electron chi connectivity index (χ0n) is 42.3. The van der Waals surface area contributed by atoms with Crippen LogP contribution in [0.5, 0.6) is 0 Å². The van der Waals surface area contributed by atoms with E-state index in [-0.39, 0.29) is 18.3 Å². The Morgan fingerprint density at radius 3 is 1.03 bits per heavy atom. The van der Waals surface area contributed by atoms with Gasteiger partial charge in [-0.1, -0.05) is 229 Å². The second kappa shape index (κ2) is 19.1. The molecule has 16 rings (SSSR count). The lowest BCUT2D eigenvalue weighted by atomic mass is 9.55. The Morgan fingerprint density at radius 1 is 0.316 bits per heavy atom. The number of hydrogen-bond acceptors (Lipinski definition) is 2. The summed E-state index contributed by atoms with van der Waals surface area (Å²) in [7, 11) is -1.40. The lowest BCUT2D eigenvalue weighted by Crippen LogP contribution is -2.43. The summed E-state index contributed by atoms with van der Waals surface area (Å²) in [5.41, 5.74) is 19.7. The van der Waals surface area contributed by atoms with Crippen LogP contribution in [0.4, 0.5) is 0 Å². The molecule has 0 radical (unpaired) electrons. The molecule has 0 saturated heterocycles. The third-order valence-electron chi connectivity index (χ3n) is 19.6. The van der Waals surface area contributed by atoms with Crippen LogP contribution in [0, 0.1) is 0 Å². The maximum absolute atomic E-state index is 9.08. The summed E-state index contributed by atoms with van der Waals surface area (Å²) >= 11 is 7.45. The molecular formula is C71H63BBr2O2. The third-order valence-corrected chi connectivity index (χ3v) is 20.6. The van der Waals surface area contributed by atoms with Gasteiger partial charge in [-0.25, -0.2) is 0 Å². The van der Waals surface area contributed by atoms with Gasteiger partial charge in [0.25, 0.3) is 0 Å². The van der Waals surface area contributed by atoms with Gasteiger partial charge in [0.2, 0.25) is 0 Å². The number of rotatable bonds is 3. The molecule has 10 aromatic carbocycles. The molecule has 2 nitrogen and oxygen atoms in total. The maximum Gasteiger partial charge on any atom is 0.489 e. The van der Waals surface area contributed by atoms with E-state index in [1.54, 1.807) is 28.3 Å². The lowest BCUT2D eigenvalue weighted by Gasteiger charge is -2.48. The van der Waals surface area contributed by atoms with E-state index in [4.69, 9.17) is 10.0 Å². The van der Waals surface area contributed by atoms with E-state index in [1.165, 1.54) is 152 Å². The van der Waals surface area contributed by atoms with E-state index in [2.05, 4.69) is 190 Å². The number of benzene rings is 10.